The zero-order valence-corrected chi connectivity index (χ0v) is 20.0. The van der Waals surface area contributed by atoms with Gasteiger partial charge in [-0.25, -0.2) is 4.68 Å². The molecule has 0 spiro atoms. The fourth-order valence-electron chi connectivity index (χ4n) is 6.16. The van der Waals surface area contributed by atoms with Crippen LogP contribution in [0.25, 0.3) is 10.9 Å². The highest BCUT2D eigenvalue weighted by Crippen LogP contribution is 2.32. The molecular formula is C25H33N7O2. The number of tetrazole rings is 1. The van der Waals surface area contributed by atoms with Crippen molar-refractivity contribution >= 4 is 10.9 Å². The van der Waals surface area contributed by atoms with Gasteiger partial charge in [0.05, 0.1) is 12.6 Å². The third-order valence-corrected chi connectivity index (χ3v) is 7.82. The topological polar surface area (TPSA) is 92.2 Å². The maximum absolute atomic E-state index is 13.5. The number of aromatic amines is 1. The second-order valence-electron chi connectivity index (χ2n) is 10.2. The Morgan fingerprint density at radius 1 is 1.15 bits per heavy atom. The number of hydrogen-bond acceptors (Lipinski definition) is 7. The lowest BCUT2D eigenvalue weighted by Gasteiger charge is -2.41. The maximum atomic E-state index is 13.5. The lowest BCUT2D eigenvalue weighted by atomic mass is 9.98. The maximum Gasteiger partial charge on any atom is 0.253 e. The molecule has 3 saturated heterocycles. The number of H-pyrrole nitrogens is 1. The minimum atomic E-state index is -0.298. The third kappa shape index (κ3) is 3.95. The second kappa shape index (κ2) is 8.87. The highest BCUT2D eigenvalue weighted by molar-refractivity contribution is 5.83. The van der Waals surface area contributed by atoms with Gasteiger partial charge < -0.3 is 9.72 Å². The van der Waals surface area contributed by atoms with E-state index in [2.05, 4.69) is 56.3 Å². The summed E-state index contributed by atoms with van der Waals surface area (Å²) in [6.45, 7) is 9.56. The Bertz CT molecular complexity index is 1250. The van der Waals surface area contributed by atoms with Gasteiger partial charge in [-0.15, -0.1) is 5.10 Å². The average molecular weight is 464 g/mol. The molecule has 3 aliphatic heterocycles. The van der Waals surface area contributed by atoms with Crippen LogP contribution in [0, 0.1) is 13.8 Å². The van der Waals surface area contributed by atoms with Crippen LogP contribution in [0.5, 0.6) is 0 Å². The Kier molecular flexibility index (Phi) is 5.71. The van der Waals surface area contributed by atoms with Crippen molar-refractivity contribution in [1.29, 1.82) is 0 Å². The smallest absolute Gasteiger partial charge is 0.253 e. The van der Waals surface area contributed by atoms with Crippen LogP contribution in [0.15, 0.2) is 23.0 Å². The van der Waals surface area contributed by atoms with E-state index >= 15 is 0 Å². The number of fused-ring (bicyclic) bond motifs is 2. The molecule has 0 radical (unpaired) electrons. The summed E-state index contributed by atoms with van der Waals surface area (Å²) in [4.78, 5) is 21.7. The molecular weight excluding hydrogens is 430 g/mol. The molecule has 6 rings (SSSR count). The summed E-state index contributed by atoms with van der Waals surface area (Å²) in [6, 6.07) is 6.51. The van der Waals surface area contributed by atoms with E-state index in [9.17, 15) is 4.79 Å². The summed E-state index contributed by atoms with van der Waals surface area (Å²) < 4.78 is 7.74. The van der Waals surface area contributed by atoms with Crippen LogP contribution in [0.4, 0.5) is 0 Å². The van der Waals surface area contributed by atoms with Crippen LogP contribution >= 0.6 is 0 Å². The van der Waals surface area contributed by atoms with Gasteiger partial charge in [0.25, 0.3) is 5.56 Å². The van der Waals surface area contributed by atoms with Crippen LogP contribution in [0.2, 0.25) is 0 Å². The van der Waals surface area contributed by atoms with E-state index in [1.807, 2.05) is 10.7 Å². The van der Waals surface area contributed by atoms with E-state index in [1.165, 1.54) is 19.4 Å². The first-order valence-electron chi connectivity index (χ1n) is 12.6. The SMILES string of the molecule is Cc1cc(C)c2cc([C@H](c3nnnn3C[C@@H]3CCCO3)N3CCN4CCC[C@@H]4C3)c(=O)[nH]c2c1. The minimum absolute atomic E-state index is 0.0667. The standard InChI is InChI=1S/C25H33N7O2/c1-16-11-17(2)20-13-21(25(33)26-22(20)12-16)23(31-9-8-30-7-3-5-18(30)14-31)24-27-28-29-32(24)15-19-6-4-10-34-19/h11-13,18-19,23H,3-10,14-15H2,1-2H3,(H,26,33)/t18-,19+,23-/m1/s1. The first-order chi connectivity index (χ1) is 16.6. The molecule has 180 valence electrons. The number of benzene rings is 1. The van der Waals surface area contributed by atoms with Crippen molar-refractivity contribution in [2.24, 2.45) is 0 Å². The van der Waals surface area contributed by atoms with Gasteiger partial charge in [-0.05, 0) is 79.8 Å². The van der Waals surface area contributed by atoms with E-state index in [0.29, 0.717) is 18.2 Å². The first-order valence-corrected chi connectivity index (χ1v) is 12.6. The van der Waals surface area contributed by atoms with Crippen molar-refractivity contribution < 1.29 is 4.74 Å². The van der Waals surface area contributed by atoms with Crippen molar-refractivity contribution in [1.82, 2.24) is 35.0 Å². The largest absolute Gasteiger partial charge is 0.376 e. The second-order valence-corrected chi connectivity index (χ2v) is 10.2. The molecule has 0 unspecified atom stereocenters. The van der Waals surface area contributed by atoms with Crippen LogP contribution in [0.1, 0.15) is 54.2 Å². The van der Waals surface area contributed by atoms with Gasteiger partial charge in [0.15, 0.2) is 5.82 Å². The van der Waals surface area contributed by atoms with E-state index in [0.717, 1.165) is 66.9 Å². The lowest BCUT2D eigenvalue weighted by molar-refractivity contribution is 0.0728. The molecule has 0 aliphatic carbocycles. The molecule has 3 aromatic rings. The normalized spacial score (nSPS) is 24.6. The minimum Gasteiger partial charge on any atom is -0.376 e. The highest BCUT2D eigenvalue weighted by atomic mass is 16.5. The van der Waals surface area contributed by atoms with Gasteiger partial charge in [-0.3, -0.25) is 14.6 Å². The molecule has 9 nitrogen and oxygen atoms in total. The number of aryl methyl sites for hydroxylation is 2. The fourth-order valence-corrected chi connectivity index (χ4v) is 6.16. The van der Waals surface area contributed by atoms with E-state index in [-0.39, 0.29) is 17.7 Å². The number of piperazine rings is 1. The Balaban J connectivity index is 1.45. The third-order valence-electron chi connectivity index (χ3n) is 7.82. The predicted octanol–water partition coefficient (Wildman–Crippen LogP) is 2.18. The predicted molar refractivity (Wildman–Crippen MR) is 129 cm³/mol. The van der Waals surface area contributed by atoms with Crippen molar-refractivity contribution in [2.45, 2.75) is 64.3 Å². The Morgan fingerprint density at radius 3 is 2.91 bits per heavy atom. The van der Waals surface area contributed by atoms with E-state index in [4.69, 9.17) is 4.74 Å². The molecule has 5 heterocycles. The quantitative estimate of drug-likeness (QED) is 0.620. The summed E-state index contributed by atoms with van der Waals surface area (Å²) in [5.74, 6) is 0.733. The monoisotopic (exact) mass is 463 g/mol. The lowest BCUT2D eigenvalue weighted by Crippen LogP contribution is -2.52. The molecule has 34 heavy (non-hydrogen) atoms. The van der Waals surface area contributed by atoms with E-state index < -0.39 is 0 Å². The summed E-state index contributed by atoms with van der Waals surface area (Å²) in [6.07, 6.45) is 4.65. The van der Waals surface area contributed by atoms with Gasteiger partial charge in [0.1, 0.15) is 6.04 Å². The number of hydrogen-bond donors (Lipinski definition) is 1. The molecule has 3 aliphatic rings. The fraction of sp³-hybridized carbons (Fsp3) is 0.600. The molecule has 9 heteroatoms. The van der Waals surface area contributed by atoms with E-state index in [1.54, 1.807) is 0 Å². The molecule has 0 bridgehead atoms. The Hall–Kier alpha value is -2.62. The molecule has 3 atom stereocenters. The number of nitrogens with zero attached hydrogens (tertiary/aromatic N) is 6. The summed E-state index contributed by atoms with van der Waals surface area (Å²) in [5.41, 5.74) is 3.83. The van der Waals surface area contributed by atoms with Crippen LogP contribution in [-0.2, 0) is 11.3 Å². The van der Waals surface area contributed by atoms with Gasteiger partial charge in [-0.2, -0.15) is 0 Å². The van der Waals surface area contributed by atoms with Crippen LogP contribution in [0.3, 0.4) is 0 Å². The van der Waals surface area contributed by atoms with Crippen molar-refractivity contribution in [3.05, 3.63) is 51.1 Å². The molecule has 0 saturated carbocycles. The Labute approximate surface area is 199 Å². The van der Waals surface area contributed by atoms with Gasteiger partial charge in [0.2, 0.25) is 0 Å². The summed E-state index contributed by atoms with van der Waals surface area (Å²) in [7, 11) is 0. The van der Waals surface area contributed by atoms with Crippen molar-refractivity contribution in [3.63, 3.8) is 0 Å². The number of aromatic nitrogens is 5. The van der Waals surface area contributed by atoms with Crippen molar-refractivity contribution in [2.75, 3.05) is 32.8 Å². The summed E-state index contributed by atoms with van der Waals surface area (Å²) in [5, 5.41) is 13.9. The molecule has 0 amide bonds. The Morgan fingerprint density at radius 2 is 2.06 bits per heavy atom. The number of pyridine rings is 1. The average Bonchev–Trinajstić information content (AvgIpc) is 3.57. The van der Waals surface area contributed by atoms with Crippen LogP contribution < -0.4 is 5.56 Å². The van der Waals surface area contributed by atoms with Gasteiger partial charge in [0, 0.05) is 48.7 Å². The first kappa shape index (κ1) is 21.9. The van der Waals surface area contributed by atoms with Gasteiger partial charge in [-0.1, -0.05) is 6.07 Å². The molecule has 3 fully saturated rings. The number of rotatable bonds is 5. The zero-order chi connectivity index (χ0) is 23.2. The number of nitrogens with one attached hydrogen (secondary N) is 1. The van der Waals surface area contributed by atoms with Crippen LogP contribution in [-0.4, -0.2) is 79.9 Å². The van der Waals surface area contributed by atoms with Crippen molar-refractivity contribution in [3.8, 4) is 0 Å². The molecule has 1 aromatic carbocycles. The molecule has 2 aromatic heterocycles. The summed E-state index contributed by atoms with van der Waals surface area (Å²) >= 11 is 0. The molecule has 1 N–H and O–H groups in total. The number of ether oxygens (including phenoxy) is 1. The zero-order valence-electron chi connectivity index (χ0n) is 20.0. The highest BCUT2D eigenvalue weighted by Gasteiger charge is 2.38. The van der Waals surface area contributed by atoms with Gasteiger partial charge >= 0.3 is 0 Å².